The molecule has 2 aromatic rings. The summed E-state index contributed by atoms with van der Waals surface area (Å²) in [7, 11) is 1.34. The van der Waals surface area contributed by atoms with Crippen LogP contribution in [-0.2, 0) is 4.74 Å². The van der Waals surface area contributed by atoms with Gasteiger partial charge in [-0.15, -0.1) is 0 Å². The third kappa shape index (κ3) is 3.11. The maximum atomic E-state index is 11.7. The zero-order valence-corrected chi connectivity index (χ0v) is 12.8. The molecule has 3 N–H and O–H groups in total. The van der Waals surface area contributed by atoms with Crippen LogP contribution in [-0.4, -0.2) is 13.1 Å². The van der Waals surface area contributed by atoms with E-state index < -0.39 is 5.97 Å². The fourth-order valence-corrected chi connectivity index (χ4v) is 2.11. The number of esters is 1. The van der Waals surface area contributed by atoms with Crippen LogP contribution in [0.3, 0.4) is 0 Å². The van der Waals surface area contributed by atoms with E-state index in [1.54, 1.807) is 6.07 Å². The SMILES string of the molecule is COC(=O)c1cc(Nc2ccc(Br)cc2)cc(C)c1N. The van der Waals surface area contributed by atoms with Crippen LogP contribution in [0.2, 0.25) is 0 Å². The molecule has 0 aliphatic carbocycles. The minimum absolute atomic E-state index is 0.368. The summed E-state index contributed by atoms with van der Waals surface area (Å²) >= 11 is 3.39. The lowest BCUT2D eigenvalue weighted by Crippen LogP contribution is -2.08. The topological polar surface area (TPSA) is 64.3 Å². The van der Waals surface area contributed by atoms with Gasteiger partial charge in [-0.25, -0.2) is 4.79 Å². The van der Waals surface area contributed by atoms with Gasteiger partial charge in [-0.05, 0) is 48.9 Å². The number of hydrogen-bond donors (Lipinski definition) is 2. The molecular formula is C15H15BrN2O2. The molecule has 0 aliphatic rings. The van der Waals surface area contributed by atoms with Crippen molar-refractivity contribution in [3.8, 4) is 0 Å². The van der Waals surface area contributed by atoms with Crippen molar-refractivity contribution in [2.75, 3.05) is 18.2 Å². The minimum Gasteiger partial charge on any atom is -0.465 e. The fourth-order valence-electron chi connectivity index (χ4n) is 1.85. The second-order valence-corrected chi connectivity index (χ2v) is 5.29. The number of hydrogen-bond acceptors (Lipinski definition) is 4. The quantitative estimate of drug-likeness (QED) is 0.660. The Morgan fingerprint density at radius 1 is 1.20 bits per heavy atom. The monoisotopic (exact) mass is 334 g/mol. The average molecular weight is 335 g/mol. The highest BCUT2D eigenvalue weighted by atomic mass is 79.9. The summed E-state index contributed by atoms with van der Waals surface area (Å²) in [5, 5.41) is 3.23. The number of rotatable bonds is 3. The van der Waals surface area contributed by atoms with Crippen LogP contribution in [0.1, 0.15) is 15.9 Å². The standard InChI is InChI=1S/C15H15BrN2O2/c1-9-7-12(8-13(14(9)17)15(19)20-2)18-11-5-3-10(16)4-6-11/h3-8,18H,17H2,1-2H3. The van der Waals surface area contributed by atoms with Crippen LogP contribution in [0.25, 0.3) is 0 Å². The van der Waals surface area contributed by atoms with Crippen molar-refractivity contribution in [3.63, 3.8) is 0 Å². The number of nitrogen functional groups attached to an aromatic ring is 1. The molecular weight excluding hydrogens is 320 g/mol. The summed E-state index contributed by atoms with van der Waals surface area (Å²) in [5.74, 6) is -0.440. The highest BCUT2D eigenvalue weighted by molar-refractivity contribution is 9.10. The largest absolute Gasteiger partial charge is 0.465 e. The van der Waals surface area contributed by atoms with Crippen molar-refractivity contribution < 1.29 is 9.53 Å². The highest BCUT2D eigenvalue weighted by Gasteiger charge is 2.13. The molecule has 0 heterocycles. The van der Waals surface area contributed by atoms with E-state index in [1.807, 2.05) is 37.3 Å². The number of carbonyl (C=O) groups is 1. The Hall–Kier alpha value is -2.01. The van der Waals surface area contributed by atoms with E-state index >= 15 is 0 Å². The van der Waals surface area contributed by atoms with Crippen LogP contribution in [0.5, 0.6) is 0 Å². The number of carbonyl (C=O) groups excluding carboxylic acids is 1. The first-order valence-corrected chi connectivity index (χ1v) is 6.81. The molecule has 104 valence electrons. The fraction of sp³-hybridized carbons (Fsp3) is 0.133. The van der Waals surface area contributed by atoms with E-state index in [9.17, 15) is 4.79 Å². The predicted octanol–water partition coefficient (Wildman–Crippen LogP) is 3.87. The number of benzene rings is 2. The van der Waals surface area contributed by atoms with Crippen molar-refractivity contribution in [2.45, 2.75) is 6.92 Å². The van der Waals surface area contributed by atoms with Crippen LogP contribution in [0.4, 0.5) is 17.1 Å². The van der Waals surface area contributed by atoms with Gasteiger partial charge in [0, 0.05) is 21.5 Å². The third-order valence-corrected chi connectivity index (χ3v) is 3.45. The van der Waals surface area contributed by atoms with Gasteiger partial charge in [0.15, 0.2) is 0 Å². The van der Waals surface area contributed by atoms with E-state index in [0.717, 1.165) is 21.4 Å². The first kappa shape index (κ1) is 14.4. The summed E-state index contributed by atoms with van der Waals surface area (Å²) in [6, 6.07) is 11.3. The Labute approximate surface area is 126 Å². The molecule has 2 aromatic carbocycles. The Morgan fingerprint density at radius 3 is 2.45 bits per heavy atom. The van der Waals surface area contributed by atoms with Crippen LogP contribution < -0.4 is 11.1 Å². The molecule has 0 unspecified atom stereocenters. The Kier molecular flexibility index (Phi) is 4.29. The van der Waals surface area contributed by atoms with Gasteiger partial charge in [0.1, 0.15) is 0 Å². The van der Waals surface area contributed by atoms with Crippen molar-refractivity contribution in [1.29, 1.82) is 0 Å². The van der Waals surface area contributed by atoms with Crippen molar-refractivity contribution >= 4 is 39.0 Å². The molecule has 0 fully saturated rings. The van der Waals surface area contributed by atoms with Gasteiger partial charge < -0.3 is 15.8 Å². The van der Waals surface area contributed by atoms with E-state index in [4.69, 9.17) is 10.5 Å². The van der Waals surface area contributed by atoms with E-state index in [2.05, 4.69) is 21.2 Å². The number of ether oxygens (including phenoxy) is 1. The smallest absolute Gasteiger partial charge is 0.340 e. The van der Waals surface area contributed by atoms with Gasteiger partial charge in [-0.2, -0.15) is 0 Å². The summed E-state index contributed by atoms with van der Waals surface area (Å²) in [6.07, 6.45) is 0. The van der Waals surface area contributed by atoms with Crippen LogP contribution in [0.15, 0.2) is 40.9 Å². The zero-order valence-electron chi connectivity index (χ0n) is 11.2. The molecule has 0 spiro atoms. The third-order valence-electron chi connectivity index (χ3n) is 2.93. The van der Waals surface area contributed by atoms with Crippen LogP contribution in [0, 0.1) is 6.92 Å². The molecule has 4 nitrogen and oxygen atoms in total. The number of nitrogens with two attached hydrogens (primary N) is 1. The van der Waals surface area contributed by atoms with E-state index in [1.165, 1.54) is 7.11 Å². The number of methoxy groups -OCH3 is 1. The summed E-state index contributed by atoms with van der Waals surface area (Å²) < 4.78 is 5.75. The van der Waals surface area contributed by atoms with Crippen molar-refractivity contribution in [2.24, 2.45) is 0 Å². The Bertz CT molecular complexity index is 639. The lowest BCUT2D eigenvalue weighted by Gasteiger charge is -2.12. The lowest BCUT2D eigenvalue weighted by molar-refractivity contribution is 0.0602. The molecule has 0 atom stereocenters. The number of anilines is 3. The van der Waals surface area contributed by atoms with Gasteiger partial charge in [-0.1, -0.05) is 15.9 Å². The lowest BCUT2D eigenvalue weighted by atomic mass is 10.1. The number of halogens is 1. The van der Waals surface area contributed by atoms with Gasteiger partial charge >= 0.3 is 5.97 Å². The van der Waals surface area contributed by atoms with Crippen molar-refractivity contribution in [3.05, 3.63) is 52.0 Å². The Balaban J connectivity index is 2.35. The van der Waals surface area contributed by atoms with E-state index in [-0.39, 0.29) is 0 Å². The molecule has 0 amide bonds. The minimum atomic E-state index is -0.440. The van der Waals surface area contributed by atoms with E-state index in [0.29, 0.717) is 11.3 Å². The predicted molar refractivity (Wildman–Crippen MR) is 84.4 cm³/mol. The van der Waals surface area contributed by atoms with Gasteiger partial charge in [0.2, 0.25) is 0 Å². The van der Waals surface area contributed by atoms with Crippen molar-refractivity contribution in [1.82, 2.24) is 0 Å². The molecule has 0 saturated heterocycles. The second kappa shape index (κ2) is 5.96. The average Bonchev–Trinajstić information content (AvgIpc) is 2.44. The zero-order chi connectivity index (χ0) is 14.7. The summed E-state index contributed by atoms with van der Waals surface area (Å²) in [5.41, 5.74) is 9.26. The van der Waals surface area contributed by atoms with Gasteiger partial charge in [-0.3, -0.25) is 0 Å². The summed E-state index contributed by atoms with van der Waals surface area (Å²) in [6.45, 7) is 1.86. The maximum Gasteiger partial charge on any atom is 0.340 e. The first-order valence-electron chi connectivity index (χ1n) is 6.02. The number of aryl methyl sites for hydroxylation is 1. The normalized spacial score (nSPS) is 10.2. The number of nitrogens with one attached hydrogen (secondary N) is 1. The Morgan fingerprint density at radius 2 is 1.85 bits per heavy atom. The molecule has 0 radical (unpaired) electrons. The molecule has 2 rings (SSSR count). The highest BCUT2D eigenvalue weighted by Crippen LogP contribution is 2.26. The maximum absolute atomic E-state index is 11.7. The van der Waals surface area contributed by atoms with Gasteiger partial charge in [0.25, 0.3) is 0 Å². The molecule has 5 heteroatoms. The van der Waals surface area contributed by atoms with Crippen LogP contribution >= 0.6 is 15.9 Å². The second-order valence-electron chi connectivity index (χ2n) is 4.38. The molecule has 0 aliphatic heterocycles. The molecule has 0 bridgehead atoms. The molecule has 0 aromatic heterocycles. The molecule has 0 saturated carbocycles. The first-order chi connectivity index (χ1) is 9.51. The summed E-state index contributed by atoms with van der Waals surface area (Å²) in [4.78, 5) is 11.7. The van der Waals surface area contributed by atoms with Gasteiger partial charge in [0.05, 0.1) is 12.7 Å². The molecule has 20 heavy (non-hydrogen) atoms.